The zero-order valence-corrected chi connectivity index (χ0v) is 15.4. The van der Waals surface area contributed by atoms with Gasteiger partial charge in [-0.25, -0.2) is 4.79 Å². The van der Waals surface area contributed by atoms with Crippen molar-refractivity contribution in [1.29, 1.82) is 0 Å². The molecule has 0 atom stereocenters. The molecule has 0 aromatic carbocycles. The van der Waals surface area contributed by atoms with Crippen LogP contribution in [-0.2, 0) is 4.79 Å². The van der Waals surface area contributed by atoms with Gasteiger partial charge in [-0.05, 0) is 70.3 Å². The number of hydrogen-bond acceptors (Lipinski definition) is 3. The van der Waals surface area contributed by atoms with E-state index in [0.29, 0.717) is 11.6 Å². The number of carbonyl (C=O) groups is 3. The molecule has 3 aliphatic carbocycles. The van der Waals surface area contributed by atoms with Gasteiger partial charge in [-0.2, -0.15) is 0 Å². The van der Waals surface area contributed by atoms with E-state index < -0.39 is 11.6 Å². The van der Waals surface area contributed by atoms with Gasteiger partial charge in [-0.3, -0.25) is 14.5 Å². The van der Waals surface area contributed by atoms with E-state index in [4.69, 9.17) is 0 Å². The second-order valence-corrected chi connectivity index (χ2v) is 8.55. The lowest BCUT2D eigenvalue weighted by Gasteiger charge is -2.26. The van der Waals surface area contributed by atoms with E-state index >= 15 is 0 Å². The van der Waals surface area contributed by atoms with Crippen LogP contribution in [0, 0.1) is 25.7 Å². The minimum atomic E-state index is -0.720. The Kier molecular flexibility index (Phi) is 3.22. The first-order valence-electron chi connectivity index (χ1n) is 9.79. The maximum Gasteiger partial charge on any atom is 0.325 e. The third kappa shape index (κ3) is 2.20. The maximum atomic E-state index is 13.1. The number of amides is 3. The summed E-state index contributed by atoms with van der Waals surface area (Å²) in [5.41, 5.74) is 1.96. The van der Waals surface area contributed by atoms with Crippen LogP contribution >= 0.6 is 0 Å². The molecular weight excluding hydrogens is 330 g/mol. The molecule has 3 amide bonds. The van der Waals surface area contributed by atoms with Crippen molar-refractivity contribution >= 4 is 17.7 Å². The first kappa shape index (κ1) is 16.1. The smallest absolute Gasteiger partial charge is 0.325 e. The van der Waals surface area contributed by atoms with Crippen molar-refractivity contribution in [2.24, 2.45) is 11.8 Å². The van der Waals surface area contributed by atoms with Gasteiger partial charge in [0.2, 0.25) is 0 Å². The maximum absolute atomic E-state index is 13.1. The lowest BCUT2D eigenvalue weighted by Crippen LogP contribution is -2.51. The molecule has 0 spiro atoms. The topological polar surface area (TPSA) is 71.4 Å². The van der Waals surface area contributed by atoms with Crippen molar-refractivity contribution in [3.8, 4) is 0 Å². The molecule has 6 nitrogen and oxygen atoms in total. The molecule has 1 aliphatic heterocycles. The number of hydrogen-bond donors (Lipinski definition) is 1. The summed E-state index contributed by atoms with van der Waals surface area (Å²) >= 11 is 0. The van der Waals surface area contributed by atoms with Crippen LogP contribution in [0.4, 0.5) is 4.79 Å². The summed E-state index contributed by atoms with van der Waals surface area (Å²) in [6.45, 7) is 3.82. The minimum Gasteiger partial charge on any atom is -0.345 e. The van der Waals surface area contributed by atoms with Gasteiger partial charge in [0.15, 0.2) is 5.78 Å². The van der Waals surface area contributed by atoms with Crippen molar-refractivity contribution in [3.63, 3.8) is 0 Å². The third-order valence-electron chi connectivity index (χ3n) is 6.60. The Morgan fingerprint density at radius 3 is 2.27 bits per heavy atom. The normalized spacial score (nSPS) is 24.9. The van der Waals surface area contributed by atoms with E-state index in [9.17, 15) is 14.4 Å². The molecule has 3 saturated carbocycles. The van der Waals surface area contributed by atoms with Crippen molar-refractivity contribution in [2.75, 3.05) is 6.54 Å². The average Bonchev–Trinajstić information content (AvgIpc) is 3.45. The summed E-state index contributed by atoms with van der Waals surface area (Å²) < 4.78 is 2.22. The fraction of sp³-hybridized carbons (Fsp3) is 0.650. The summed E-state index contributed by atoms with van der Waals surface area (Å²) in [6, 6.07) is 2.02. The van der Waals surface area contributed by atoms with E-state index in [0.717, 1.165) is 49.9 Å². The monoisotopic (exact) mass is 355 g/mol. The second kappa shape index (κ2) is 5.21. The molecule has 26 heavy (non-hydrogen) atoms. The summed E-state index contributed by atoms with van der Waals surface area (Å²) in [4.78, 5) is 39.8. The van der Waals surface area contributed by atoms with Crippen molar-refractivity contribution < 1.29 is 14.4 Å². The summed E-state index contributed by atoms with van der Waals surface area (Å²) in [7, 11) is 0. The Bertz CT molecular complexity index is 816. The lowest BCUT2D eigenvalue weighted by molar-refractivity contribution is -0.132. The van der Waals surface area contributed by atoms with E-state index in [2.05, 4.69) is 9.88 Å². The van der Waals surface area contributed by atoms with Crippen LogP contribution in [0.25, 0.3) is 0 Å². The average molecular weight is 355 g/mol. The number of Topliss-reactive ketones (excluding diaryl/α,β-unsaturated/α-hetero) is 1. The predicted molar refractivity (Wildman–Crippen MR) is 94.9 cm³/mol. The Morgan fingerprint density at radius 2 is 1.73 bits per heavy atom. The molecular formula is C20H25N3O3. The standard InChI is InChI=1S/C20H25N3O3/c1-11-9-16(12(2)23(11)15-7-8-15)17(24)10-22-18(25)20(13-3-4-13,14-5-6-14)21-19(22)26/h9,13-15H,3-8,10H2,1-2H3,(H,21,26). The highest BCUT2D eigenvalue weighted by Gasteiger charge is 2.65. The van der Waals surface area contributed by atoms with E-state index in [-0.39, 0.29) is 30.1 Å². The van der Waals surface area contributed by atoms with Gasteiger partial charge in [0.25, 0.3) is 5.91 Å². The van der Waals surface area contributed by atoms with Crippen molar-refractivity contribution in [1.82, 2.24) is 14.8 Å². The molecule has 0 bridgehead atoms. The van der Waals surface area contributed by atoms with Gasteiger partial charge in [-0.1, -0.05) is 0 Å². The molecule has 1 N–H and O–H groups in total. The zero-order chi connectivity index (χ0) is 18.2. The van der Waals surface area contributed by atoms with E-state index in [1.165, 1.54) is 4.90 Å². The van der Waals surface area contributed by atoms with Gasteiger partial charge in [-0.15, -0.1) is 0 Å². The molecule has 2 heterocycles. The van der Waals surface area contributed by atoms with Crippen molar-refractivity contribution in [3.05, 3.63) is 23.0 Å². The molecule has 1 aromatic rings. The fourth-order valence-corrected chi connectivity index (χ4v) is 4.90. The highest BCUT2D eigenvalue weighted by Crippen LogP contribution is 2.54. The molecule has 0 radical (unpaired) electrons. The minimum absolute atomic E-state index is 0.143. The zero-order valence-electron chi connectivity index (χ0n) is 15.4. The largest absolute Gasteiger partial charge is 0.345 e. The van der Waals surface area contributed by atoms with Crippen LogP contribution in [0.2, 0.25) is 0 Å². The molecule has 5 rings (SSSR count). The first-order chi connectivity index (χ1) is 12.4. The van der Waals surface area contributed by atoms with Crippen LogP contribution in [-0.4, -0.2) is 39.3 Å². The molecule has 6 heteroatoms. The van der Waals surface area contributed by atoms with E-state index in [1.807, 2.05) is 19.9 Å². The third-order valence-corrected chi connectivity index (χ3v) is 6.60. The summed E-state index contributed by atoms with van der Waals surface area (Å²) in [5.74, 6) is 0.200. The predicted octanol–water partition coefficient (Wildman–Crippen LogP) is 2.73. The van der Waals surface area contributed by atoms with Crippen molar-refractivity contribution in [2.45, 2.75) is 64.0 Å². The Balaban J connectivity index is 1.39. The number of imide groups is 1. The Labute approximate surface area is 152 Å². The first-order valence-corrected chi connectivity index (χ1v) is 9.79. The molecule has 4 aliphatic rings. The molecule has 138 valence electrons. The fourth-order valence-electron chi connectivity index (χ4n) is 4.90. The molecule has 0 unspecified atom stereocenters. The van der Waals surface area contributed by atoms with Gasteiger partial charge in [0.1, 0.15) is 5.54 Å². The number of aromatic nitrogens is 1. The number of aryl methyl sites for hydroxylation is 1. The number of nitrogens with one attached hydrogen (secondary N) is 1. The second-order valence-electron chi connectivity index (χ2n) is 8.55. The Hall–Kier alpha value is -2.11. The number of nitrogens with zero attached hydrogens (tertiary/aromatic N) is 2. The lowest BCUT2D eigenvalue weighted by atomic mass is 9.87. The van der Waals surface area contributed by atoms with Gasteiger partial charge >= 0.3 is 6.03 Å². The van der Waals surface area contributed by atoms with E-state index in [1.54, 1.807) is 0 Å². The highest BCUT2D eigenvalue weighted by molar-refractivity contribution is 6.12. The Morgan fingerprint density at radius 1 is 1.12 bits per heavy atom. The van der Waals surface area contributed by atoms with Crippen LogP contribution in [0.15, 0.2) is 6.07 Å². The van der Waals surface area contributed by atoms with Gasteiger partial charge < -0.3 is 9.88 Å². The molecule has 4 fully saturated rings. The number of urea groups is 1. The SMILES string of the molecule is Cc1cc(C(=O)CN2C(=O)NC(C3CC3)(C3CC3)C2=O)c(C)n1C1CC1. The number of carbonyl (C=O) groups excluding carboxylic acids is 3. The van der Waals surface area contributed by atoms with Crippen LogP contribution < -0.4 is 5.32 Å². The highest BCUT2D eigenvalue weighted by atomic mass is 16.2. The van der Waals surface area contributed by atoms with Crippen LogP contribution in [0.1, 0.15) is 66.3 Å². The summed E-state index contributed by atoms with van der Waals surface area (Å²) in [6.07, 6.45) is 6.28. The molecule has 1 aromatic heterocycles. The van der Waals surface area contributed by atoms with Crippen LogP contribution in [0.3, 0.4) is 0 Å². The summed E-state index contributed by atoms with van der Waals surface area (Å²) in [5, 5.41) is 2.99. The quantitative estimate of drug-likeness (QED) is 0.630. The number of rotatable bonds is 6. The van der Waals surface area contributed by atoms with Gasteiger partial charge in [0.05, 0.1) is 6.54 Å². The van der Waals surface area contributed by atoms with Gasteiger partial charge in [0, 0.05) is 23.0 Å². The number of ketones is 1. The van der Waals surface area contributed by atoms with Crippen LogP contribution in [0.5, 0.6) is 0 Å². The molecule has 1 saturated heterocycles.